The fourth-order valence-electron chi connectivity index (χ4n) is 2.56. The molecule has 0 aliphatic carbocycles. The van der Waals surface area contributed by atoms with E-state index in [0.717, 1.165) is 6.20 Å². The summed E-state index contributed by atoms with van der Waals surface area (Å²) in [7, 11) is 4.38. The lowest BCUT2D eigenvalue weighted by atomic mass is 10.0. The molecule has 0 saturated carbocycles. The van der Waals surface area contributed by atoms with Gasteiger partial charge in [-0.2, -0.15) is 23.4 Å². The van der Waals surface area contributed by atoms with Crippen LogP contribution in [-0.4, -0.2) is 38.8 Å². The van der Waals surface area contributed by atoms with Gasteiger partial charge in [0.15, 0.2) is 6.04 Å². The largest absolute Gasteiger partial charge is 0.481 e. The van der Waals surface area contributed by atoms with Crippen molar-refractivity contribution >= 4 is 5.91 Å². The van der Waals surface area contributed by atoms with Crippen LogP contribution in [0.1, 0.15) is 33.4 Å². The van der Waals surface area contributed by atoms with E-state index >= 15 is 0 Å². The number of nitrogens with one attached hydrogen (secondary N) is 1. The first-order valence-electron chi connectivity index (χ1n) is 7.01. The van der Waals surface area contributed by atoms with Crippen molar-refractivity contribution in [3.8, 4) is 5.88 Å². The highest BCUT2D eigenvalue weighted by Crippen LogP contribution is 2.36. The number of nitrogens with zero attached hydrogens (tertiary/aromatic N) is 4. The molecule has 2 heterocycles. The Labute approximate surface area is 136 Å². The number of methoxy groups -OCH3 is 1. The Hall–Kier alpha value is -2.52. The lowest BCUT2D eigenvalue weighted by Gasteiger charge is -2.22. The SMILES string of the molecule is COc1c(C(=O)NC(c2c(C)nn(C)c2C)C(F)(F)F)cnn1C. The van der Waals surface area contributed by atoms with Crippen molar-refractivity contribution in [3.05, 3.63) is 28.7 Å². The highest BCUT2D eigenvalue weighted by Gasteiger charge is 2.45. The highest BCUT2D eigenvalue weighted by atomic mass is 19.4. The second kappa shape index (κ2) is 6.17. The van der Waals surface area contributed by atoms with E-state index in [1.165, 1.54) is 37.4 Å². The number of hydrogen-bond acceptors (Lipinski definition) is 4. The summed E-state index contributed by atoms with van der Waals surface area (Å²) in [5.41, 5.74) is 0.388. The van der Waals surface area contributed by atoms with Crippen molar-refractivity contribution in [2.24, 2.45) is 14.1 Å². The molecule has 1 unspecified atom stereocenters. The van der Waals surface area contributed by atoms with Gasteiger partial charge < -0.3 is 10.1 Å². The molecule has 132 valence electrons. The summed E-state index contributed by atoms with van der Waals surface area (Å²) in [6.07, 6.45) is -3.52. The average molecular weight is 345 g/mol. The molecule has 0 fully saturated rings. The molecular weight excluding hydrogens is 327 g/mol. The number of rotatable bonds is 4. The molecule has 10 heteroatoms. The van der Waals surface area contributed by atoms with Gasteiger partial charge in [0.1, 0.15) is 5.56 Å². The van der Waals surface area contributed by atoms with Crippen molar-refractivity contribution in [1.29, 1.82) is 0 Å². The normalized spacial score (nSPS) is 13.0. The van der Waals surface area contributed by atoms with Gasteiger partial charge in [-0.15, -0.1) is 0 Å². The number of aryl methyl sites for hydroxylation is 3. The van der Waals surface area contributed by atoms with Gasteiger partial charge in [-0.05, 0) is 13.8 Å². The van der Waals surface area contributed by atoms with E-state index < -0.39 is 18.1 Å². The smallest absolute Gasteiger partial charge is 0.413 e. The van der Waals surface area contributed by atoms with Crippen molar-refractivity contribution in [2.75, 3.05) is 7.11 Å². The third-order valence-electron chi connectivity index (χ3n) is 3.78. The Bertz CT molecular complexity index is 763. The molecule has 0 radical (unpaired) electrons. The van der Waals surface area contributed by atoms with Crippen molar-refractivity contribution < 1.29 is 22.7 Å². The molecule has 0 aliphatic heterocycles. The van der Waals surface area contributed by atoms with Crippen LogP contribution in [0.25, 0.3) is 0 Å². The maximum Gasteiger partial charge on any atom is 0.413 e. The zero-order valence-corrected chi connectivity index (χ0v) is 13.9. The molecule has 1 N–H and O–H groups in total. The molecule has 0 aromatic carbocycles. The molecule has 0 bridgehead atoms. The topological polar surface area (TPSA) is 74.0 Å². The summed E-state index contributed by atoms with van der Waals surface area (Å²) >= 11 is 0. The summed E-state index contributed by atoms with van der Waals surface area (Å²) in [5.74, 6) is -0.849. The van der Waals surface area contributed by atoms with Gasteiger partial charge >= 0.3 is 6.18 Å². The zero-order chi connectivity index (χ0) is 18.2. The van der Waals surface area contributed by atoms with E-state index in [2.05, 4.69) is 10.2 Å². The van der Waals surface area contributed by atoms with E-state index in [0.29, 0.717) is 5.69 Å². The Morgan fingerprint density at radius 3 is 2.38 bits per heavy atom. The number of amides is 1. The van der Waals surface area contributed by atoms with Crippen LogP contribution in [0.15, 0.2) is 6.20 Å². The first-order chi connectivity index (χ1) is 11.1. The van der Waals surface area contributed by atoms with Crippen LogP contribution < -0.4 is 10.1 Å². The first kappa shape index (κ1) is 17.8. The van der Waals surface area contributed by atoms with Crippen LogP contribution in [0.5, 0.6) is 5.88 Å². The van der Waals surface area contributed by atoms with E-state index in [4.69, 9.17) is 4.74 Å². The summed E-state index contributed by atoms with van der Waals surface area (Å²) in [4.78, 5) is 12.3. The van der Waals surface area contributed by atoms with Gasteiger partial charge in [0.25, 0.3) is 5.91 Å². The minimum Gasteiger partial charge on any atom is -0.481 e. The molecule has 2 aromatic rings. The molecule has 2 aromatic heterocycles. The predicted molar refractivity (Wildman–Crippen MR) is 78.7 cm³/mol. The number of ether oxygens (including phenoxy) is 1. The van der Waals surface area contributed by atoms with Crippen LogP contribution in [0.3, 0.4) is 0 Å². The Kier molecular flexibility index (Phi) is 4.59. The van der Waals surface area contributed by atoms with Gasteiger partial charge in [-0.3, -0.25) is 9.48 Å². The Morgan fingerprint density at radius 2 is 1.92 bits per heavy atom. The summed E-state index contributed by atoms with van der Waals surface area (Å²) < 4.78 is 48.2. The van der Waals surface area contributed by atoms with Crippen LogP contribution in [0.2, 0.25) is 0 Å². The fourth-order valence-corrected chi connectivity index (χ4v) is 2.56. The molecule has 1 amide bonds. The lowest BCUT2D eigenvalue weighted by Crippen LogP contribution is -2.38. The minimum atomic E-state index is -4.68. The first-order valence-corrected chi connectivity index (χ1v) is 7.01. The van der Waals surface area contributed by atoms with Crippen LogP contribution in [-0.2, 0) is 14.1 Å². The highest BCUT2D eigenvalue weighted by molar-refractivity contribution is 5.96. The number of carbonyl (C=O) groups is 1. The summed E-state index contributed by atoms with van der Waals surface area (Å²) in [5, 5.41) is 9.83. The fraction of sp³-hybridized carbons (Fsp3) is 0.500. The number of halogens is 3. The Balaban J connectivity index is 2.42. The third-order valence-corrected chi connectivity index (χ3v) is 3.78. The molecule has 0 spiro atoms. The quantitative estimate of drug-likeness (QED) is 0.917. The van der Waals surface area contributed by atoms with Crippen LogP contribution in [0.4, 0.5) is 13.2 Å². The monoisotopic (exact) mass is 345 g/mol. The van der Waals surface area contributed by atoms with Gasteiger partial charge in [0.2, 0.25) is 5.88 Å². The Morgan fingerprint density at radius 1 is 1.29 bits per heavy atom. The van der Waals surface area contributed by atoms with Crippen LogP contribution >= 0.6 is 0 Å². The minimum absolute atomic E-state index is 0.0683. The maximum atomic E-state index is 13.5. The number of hydrogen-bond donors (Lipinski definition) is 1. The van der Waals surface area contributed by atoms with Crippen molar-refractivity contribution in [1.82, 2.24) is 24.9 Å². The lowest BCUT2D eigenvalue weighted by molar-refractivity contribution is -0.155. The van der Waals surface area contributed by atoms with Crippen molar-refractivity contribution in [2.45, 2.75) is 26.1 Å². The molecule has 7 nitrogen and oxygen atoms in total. The number of aromatic nitrogens is 4. The number of carbonyl (C=O) groups excluding carboxylic acids is 1. The number of alkyl halides is 3. The van der Waals surface area contributed by atoms with E-state index in [-0.39, 0.29) is 22.7 Å². The predicted octanol–water partition coefficient (Wildman–Crippen LogP) is 1.81. The van der Waals surface area contributed by atoms with E-state index in [1.807, 2.05) is 5.32 Å². The molecule has 24 heavy (non-hydrogen) atoms. The third kappa shape index (κ3) is 3.08. The zero-order valence-electron chi connectivity index (χ0n) is 13.9. The van der Waals surface area contributed by atoms with Crippen molar-refractivity contribution in [3.63, 3.8) is 0 Å². The second-order valence-corrected chi connectivity index (χ2v) is 5.35. The average Bonchev–Trinajstić information content (AvgIpc) is 2.96. The molecule has 1 atom stereocenters. The van der Waals surface area contributed by atoms with Gasteiger partial charge in [-0.25, -0.2) is 4.68 Å². The summed E-state index contributed by atoms with van der Waals surface area (Å²) in [6, 6.07) is -2.18. The molecule has 0 aliphatic rings. The molecule has 2 rings (SSSR count). The second-order valence-electron chi connectivity index (χ2n) is 5.35. The molecule has 0 saturated heterocycles. The van der Waals surface area contributed by atoms with Gasteiger partial charge in [-0.1, -0.05) is 0 Å². The van der Waals surface area contributed by atoms with Crippen LogP contribution in [0, 0.1) is 13.8 Å². The maximum absolute atomic E-state index is 13.5. The summed E-state index contributed by atoms with van der Waals surface area (Å²) in [6.45, 7) is 2.99. The standard InChI is InChI=1S/C14H18F3N5O2/c1-7-10(8(2)21(3)20-7)11(14(15,16)17)19-12(23)9-6-18-22(4)13(9)24-5/h6,11H,1-5H3,(H,19,23). The van der Waals surface area contributed by atoms with E-state index in [1.54, 1.807) is 7.05 Å². The molecular formula is C14H18F3N5O2. The van der Waals surface area contributed by atoms with Gasteiger partial charge in [0, 0.05) is 25.4 Å². The van der Waals surface area contributed by atoms with Gasteiger partial charge in [0.05, 0.1) is 19.0 Å². The van der Waals surface area contributed by atoms with E-state index in [9.17, 15) is 18.0 Å².